The van der Waals surface area contributed by atoms with E-state index < -0.39 is 0 Å². The van der Waals surface area contributed by atoms with Crippen LogP contribution < -0.4 is 0 Å². The van der Waals surface area contributed by atoms with Crippen LogP contribution in [0, 0.1) is 17.2 Å². The van der Waals surface area contributed by atoms with Crippen LogP contribution in [0.3, 0.4) is 0 Å². The van der Waals surface area contributed by atoms with Crippen molar-refractivity contribution in [2.75, 3.05) is 26.2 Å². The van der Waals surface area contributed by atoms with Crippen molar-refractivity contribution in [3.05, 3.63) is 0 Å². The van der Waals surface area contributed by atoms with E-state index in [-0.39, 0.29) is 5.92 Å². The molecule has 1 unspecified atom stereocenters. The van der Waals surface area contributed by atoms with Crippen LogP contribution in [0.5, 0.6) is 0 Å². The third-order valence-electron chi connectivity index (χ3n) is 2.32. The second-order valence-corrected chi connectivity index (χ2v) is 3.33. The van der Waals surface area contributed by atoms with Gasteiger partial charge < -0.3 is 4.74 Å². The van der Waals surface area contributed by atoms with E-state index in [9.17, 15) is 0 Å². The molecule has 0 aromatic carbocycles. The van der Waals surface area contributed by atoms with Crippen LogP contribution in [-0.4, -0.2) is 37.2 Å². The van der Waals surface area contributed by atoms with Gasteiger partial charge in [-0.3, -0.25) is 4.90 Å². The van der Waals surface area contributed by atoms with Gasteiger partial charge in [0, 0.05) is 13.1 Å². The molecular weight excluding hydrogens is 140 g/mol. The fourth-order valence-electron chi connectivity index (χ4n) is 1.57. The number of nitriles is 1. The molecule has 0 aliphatic carbocycles. The molecule has 0 aromatic heterocycles. The topological polar surface area (TPSA) is 39.6 Å². The smallest absolute Gasteiger partial charge is 0.0936 e. The Morgan fingerprint density at radius 2 is 2.45 bits per heavy atom. The highest BCUT2D eigenvalue weighted by Crippen LogP contribution is 2.18. The van der Waals surface area contributed by atoms with E-state index in [0.29, 0.717) is 6.10 Å². The highest BCUT2D eigenvalue weighted by molar-refractivity contribution is 4.91. The summed E-state index contributed by atoms with van der Waals surface area (Å²) >= 11 is 0. The van der Waals surface area contributed by atoms with Crippen molar-refractivity contribution in [2.24, 2.45) is 5.92 Å². The molecule has 2 heterocycles. The molecule has 0 aromatic rings. The number of hydrogen-bond donors (Lipinski definition) is 0. The summed E-state index contributed by atoms with van der Waals surface area (Å²) < 4.78 is 5.11. The number of likely N-dealkylation sites (tertiary alicyclic amines) is 1. The summed E-state index contributed by atoms with van der Waals surface area (Å²) in [6.07, 6.45) is 1.52. The van der Waals surface area contributed by atoms with E-state index >= 15 is 0 Å². The third kappa shape index (κ3) is 1.70. The number of rotatable bonds is 2. The summed E-state index contributed by atoms with van der Waals surface area (Å²) in [6, 6.07) is 2.31. The SMILES string of the molecule is N#CC1CCN(C[C@H]2CO2)C1. The number of ether oxygens (including phenoxy) is 1. The van der Waals surface area contributed by atoms with Gasteiger partial charge in [0.2, 0.25) is 0 Å². The summed E-state index contributed by atoms with van der Waals surface area (Å²) in [6.45, 7) is 4.00. The molecule has 0 radical (unpaired) electrons. The number of hydrogen-bond acceptors (Lipinski definition) is 3. The zero-order valence-electron chi connectivity index (χ0n) is 6.49. The second kappa shape index (κ2) is 2.80. The summed E-state index contributed by atoms with van der Waals surface area (Å²) in [7, 11) is 0. The molecule has 2 aliphatic rings. The van der Waals surface area contributed by atoms with Crippen molar-refractivity contribution in [1.29, 1.82) is 5.26 Å². The maximum Gasteiger partial charge on any atom is 0.0936 e. The van der Waals surface area contributed by atoms with Crippen LogP contribution in [0.4, 0.5) is 0 Å². The van der Waals surface area contributed by atoms with Gasteiger partial charge in [-0.05, 0) is 13.0 Å². The molecular formula is C8H12N2O. The molecule has 2 fully saturated rings. The molecule has 0 spiro atoms. The molecule has 2 saturated heterocycles. The van der Waals surface area contributed by atoms with Gasteiger partial charge in [0.15, 0.2) is 0 Å². The summed E-state index contributed by atoms with van der Waals surface area (Å²) in [5.74, 6) is 0.272. The number of nitrogens with zero attached hydrogens (tertiary/aromatic N) is 2. The Bertz CT molecular complexity index is 183. The molecule has 3 heteroatoms. The van der Waals surface area contributed by atoms with Gasteiger partial charge in [-0.2, -0.15) is 5.26 Å². The Kier molecular flexibility index (Phi) is 1.80. The molecule has 0 N–H and O–H groups in total. The minimum absolute atomic E-state index is 0.272. The minimum atomic E-state index is 0.272. The molecule has 2 rings (SSSR count). The quantitative estimate of drug-likeness (QED) is 0.532. The van der Waals surface area contributed by atoms with Crippen molar-refractivity contribution in [2.45, 2.75) is 12.5 Å². The second-order valence-electron chi connectivity index (χ2n) is 3.33. The van der Waals surface area contributed by atoms with Crippen LogP contribution in [0.2, 0.25) is 0 Å². The van der Waals surface area contributed by atoms with Crippen molar-refractivity contribution in [1.82, 2.24) is 4.90 Å². The average molecular weight is 152 g/mol. The van der Waals surface area contributed by atoms with Gasteiger partial charge in [0.05, 0.1) is 24.7 Å². The molecule has 2 atom stereocenters. The zero-order valence-corrected chi connectivity index (χ0v) is 6.49. The average Bonchev–Trinajstić information content (AvgIpc) is 2.68. The van der Waals surface area contributed by atoms with E-state index in [1.165, 1.54) is 0 Å². The zero-order chi connectivity index (χ0) is 7.68. The van der Waals surface area contributed by atoms with Gasteiger partial charge in [0.1, 0.15) is 0 Å². The van der Waals surface area contributed by atoms with Crippen molar-refractivity contribution >= 4 is 0 Å². The molecule has 0 saturated carbocycles. The van der Waals surface area contributed by atoms with E-state index in [0.717, 1.165) is 32.7 Å². The van der Waals surface area contributed by atoms with Gasteiger partial charge in [0.25, 0.3) is 0 Å². The molecule has 3 nitrogen and oxygen atoms in total. The molecule has 60 valence electrons. The summed E-state index contributed by atoms with van der Waals surface area (Å²) in [5, 5.41) is 8.63. The molecule has 11 heavy (non-hydrogen) atoms. The van der Waals surface area contributed by atoms with Gasteiger partial charge in [-0.25, -0.2) is 0 Å². The highest BCUT2D eigenvalue weighted by atomic mass is 16.6. The Hall–Kier alpha value is -0.590. The predicted octanol–water partition coefficient (Wildman–Crippen LogP) is 0.231. The lowest BCUT2D eigenvalue weighted by molar-refractivity contribution is 0.282. The maximum absolute atomic E-state index is 8.63. The molecule has 0 amide bonds. The van der Waals surface area contributed by atoms with Crippen LogP contribution in [-0.2, 0) is 4.74 Å². The molecule has 2 aliphatic heterocycles. The monoisotopic (exact) mass is 152 g/mol. The Morgan fingerprint density at radius 3 is 3.00 bits per heavy atom. The van der Waals surface area contributed by atoms with E-state index in [4.69, 9.17) is 10.00 Å². The first-order valence-electron chi connectivity index (χ1n) is 4.12. The normalized spacial score (nSPS) is 37.0. The van der Waals surface area contributed by atoms with Crippen molar-refractivity contribution in [3.8, 4) is 6.07 Å². The summed E-state index contributed by atoms with van der Waals surface area (Å²) in [5.41, 5.74) is 0. The lowest BCUT2D eigenvalue weighted by atomic mass is 10.1. The lowest BCUT2D eigenvalue weighted by Gasteiger charge is -2.11. The highest BCUT2D eigenvalue weighted by Gasteiger charge is 2.29. The minimum Gasteiger partial charge on any atom is -0.372 e. The van der Waals surface area contributed by atoms with Crippen LogP contribution in [0.25, 0.3) is 0 Å². The first kappa shape index (κ1) is 7.08. The molecule has 0 bridgehead atoms. The maximum atomic E-state index is 8.63. The largest absolute Gasteiger partial charge is 0.372 e. The fourth-order valence-corrected chi connectivity index (χ4v) is 1.57. The third-order valence-corrected chi connectivity index (χ3v) is 2.32. The van der Waals surface area contributed by atoms with Crippen molar-refractivity contribution < 1.29 is 4.74 Å². The van der Waals surface area contributed by atoms with Gasteiger partial charge in [-0.1, -0.05) is 0 Å². The Balaban J connectivity index is 1.75. The van der Waals surface area contributed by atoms with E-state index in [2.05, 4.69) is 11.0 Å². The van der Waals surface area contributed by atoms with Gasteiger partial charge >= 0.3 is 0 Å². The number of epoxide rings is 1. The van der Waals surface area contributed by atoms with Crippen LogP contribution in [0.1, 0.15) is 6.42 Å². The Morgan fingerprint density at radius 1 is 1.64 bits per heavy atom. The lowest BCUT2D eigenvalue weighted by Crippen LogP contribution is -2.25. The summed E-state index contributed by atoms with van der Waals surface area (Å²) in [4.78, 5) is 2.32. The van der Waals surface area contributed by atoms with Crippen LogP contribution in [0.15, 0.2) is 0 Å². The van der Waals surface area contributed by atoms with E-state index in [1.807, 2.05) is 0 Å². The standard InChI is InChI=1S/C8H12N2O/c9-3-7-1-2-10(4-7)5-8-6-11-8/h7-8H,1-2,4-6H2/t7?,8-/m0/s1. The fraction of sp³-hybridized carbons (Fsp3) is 0.875. The van der Waals surface area contributed by atoms with Crippen LogP contribution >= 0.6 is 0 Å². The first-order chi connectivity index (χ1) is 5.38. The van der Waals surface area contributed by atoms with E-state index in [1.54, 1.807) is 0 Å². The predicted molar refractivity (Wildman–Crippen MR) is 39.9 cm³/mol. The van der Waals surface area contributed by atoms with Gasteiger partial charge in [-0.15, -0.1) is 0 Å². The Labute approximate surface area is 66.5 Å². The first-order valence-corrected chi connectivity index (χ1v) is 4.12. The van der Waals surface area contributed by atoms with Crippen molar-refractivity contribution in [3.63, 3.8) is 0 Å².